The van der Waals surface area contributed by atoms with Gasteiger partial charge in [0.2, 0.25) is 5.91 Å². The van der Waals surface area contributed by atoms with E-state index in [-0.39, 0.29) is 24.8 Å². The van der Waals surface area contributed by atoms with Crippen molar-refractivity contribution in [3.8, 4) is 17.2 Å². The molecule has 2 fully saturated rings. The zero-order valence-electron chi connectivity index (χ0n) is 18.3. The molecule has 32 heavy (non-hydrogen) atoms. The van der Waals surface area contributed by atoms with Crippen LogP contribution in [-0.4, -0.2) is 52.7 Å². The molecule has 2 aromatic heterocycles. The maximum Gasteiger partial charge on any atom is 0.223 e. The number of hydrogen-bond donors (Lipinski definition) is 0. The van der Waals surface area contributed by atoms with Crippen LogP contribution in [0.25, 0.3) is 17.2 Å². The van der Waals surface area contributed by atoms with E-state index in [0.717, 1.165) is 41.6 Å². The summed E-state index contributed by atoms with van der Waals surface area (Å²) in [6.45, 7) is 7.57. The lowest BCUT2D eigenvalue weighted by Crippen LogP contribution is -2.54. The van der Waals surface area contributed by atoms with Crippen molar-refractivity contribution in [3.05, 3.63) is 47.9 Å². The van der Waals surface area contributed by atoms with Gasteiger partial charge in [0.05, 0.1) is 17.0 Å². The highest BCUT2D eigenvalue weighted by Crippen LogP contribution is 2.45. The van der Waals surface area contributed by atoms with Gasteiger partial charge in [-0.2, -0.15) is 5.26 Å². The second-order valence-corrected chi connectivity index (χ2v) is 8.44. The number of aromatic nitrogens is 2. The third-order valence-electron chi connectivity index (χ3n) is 6.14. The van der Waals surface area contributed by atoms with E-state index < -0.39 is 0 Å². The zero-order chi connectivity index (χ0) is 22.7. The Hall–Kier alpha value is -3.53. The van der Waals surface area contributed by atoms with E-state index in [0.29, 0.717) is 36.9 Å². The molecule has 1 aliphatic heterocycles. The molecule has 1 atom stereocenters. The number of amides is 1. The summed E-state index contributed by atoms with van der Waals surface area (Å²) >= 11 is 0. The standard InChI is InChI=1S/C25H27N5O2/c1-3-21-13-19(8-9-27-21)22-14-20(15-26)25(28-24(22)18-6-7-18)29-10-11-30(17(2)16-29)23(32)5-4-12-31/h3,8-9,12-14,17-18H,1,4-7,10-11,16H2,2H3/t17-/m1/s1. The summed E-state index contributed by atoms with van der Waals surface area (Å²) in [6.07, 6.45) is 6.94. The van der Waals surface area contributed by atoms with Crippen LogP contribution < -0.4 is 4.90 Å². The van der Waals surface area contributed by atoms with Crippen LogP contribution in [0.15, 0.2) is 31.0 Å². The molecular weight excluding hydrogens is 402 g/mol. The molecule has 0 spiro atoms. The SMILES string of the molecule is C=Cc1cc(-c2cc(C#N)c(N3CCN(C(=O)CCC=O)[C@H](C)C3)nc2C2CC2)ccn1. The lowest BCUT2D eigenvalue weighted by atomic mass is 9.99. The molecule has 0 bridgehead atoms. The van der Waals surface area contributed by atoms with Crippen LogP contribution in [0.2, 0.25) is 0 Å². The maximum absolute atomic E-state index is 12.4. The molecular formula is C25H27N5O2. The fourth-order valence-corrected chi connectivity index (χ4v) is 4.31. The van der Waals surface area contributed by atoms with Crippen LogP contribution in [0.5, 0.6) is 0 Å². The van der Waals surface area contributed by atoms with Crippen molar-refractivity contribution in [2.45, 2.75) is 44.6 Å². The molecule has 164 valence electrons. The van der Waals surface area contributed by atoms with E-state index in [1.807, 2.05) is 30.0 Å². The Morgan fingerprint density at radius 2 is 2.16 bits per heavy atom. The number of nitriles is 1. The number of pyridine rings is 2. The quantitative estimate of drug-likeness (QED) is 0.625. The van der Waals surface area contributed by atoms with Gasteiger partial charge in [-0.1, -0.05) is 6.58 Å². The van der Waals surface area contributed by atoms with Gasteiger partial charge in [0.1, 0.15) is 18.2 Å². The summed E-state index contributed by atoms with van der Waals surface area (Å²) in [6, 6.07) is 8.19. The van der Waals surface area contributed by atoms with Gasteiger partial charge in [-0.3, -0.25) is 9.78 Å². The molecule has 2 aromatic rings. The molecule has 0 aromatic carbocycles. The first-order valence-corrected chi connectivity index (χ1v) is 11.1. The molecule has 4 rings (SSSR count). The average molecular weight is 430 g/mol. The van der Waals surface area contributed by atoms with Gasteiger partial charge >= 0.3 is 0 Å². The van der Waals surface area contributed by atoms with Crippen molar-refractivity contribution in [2.75, 3.05) is 24.5 Å². The van der Waals surface area contributed by atoms with E-state index in [1.54, 1.807) is 12.3 Å². The van der Waals surface area contributed by atoms with Crippen molar-refractivity contribution in [1.82, 2.24) is 14.9 Å². The number of anilines is 1. The average Bonchev–Trinajstić information content (AvgIpc) is 3.67. The van der Waals surface area contributed by atoms with Crippen LogP contribution in [0.1, 0.15) is 55.5 Å². The van der Waals surface area contributed by atoms with Crippen LogP contribution in [0.3, 0.4) is 0 Å². The van der Waals surface area contributed by atoms with Gasteiger partial charge in [0.15, 0.2) is 0 Å². The number of rotatable bonds is 7. The third-order valence-corrected chi connectivity index (χ3v) is 6.14. The lowest BCUT2D eigenvalue weighted by molar-refractivity contribution is -0.134. The van der Waals surface area contributed by atoms with Crippen molar-refractivity contribution in [3.63, 3.8) is 0 Å². The van der Waals surface area contributed by atoms with Crippen LogP contribution >= 0.6 is 0 Å². The fourth-order valence-electron chi connectivity index (χ4n) is 4.31. The highest BCUT2D eigenvalue weighted by atomic mass is 16.2. The Kier molecular flexibility index (Phi) is 6.31. The van der Waals surface area contributed by atoms with Gasteiger partial charge in [-0.05, 0) is 49.6 Å². The highest BCUT2D eigenvalue weighted by Gasteiger charge is 2.33. The van der Waals surface area contributed by atoms with Crippen LogP contribution in [0, 0.1) is 11.3 Å². The van der Waals surface area contributed by atoms with E-state index in [2.05, 4.69) is 22.5 Å². The normalized spacial score (nSPS) is 18.2. The molecule has 2 aliphatic rings. The number of carbonyl (C=O) groups excluding carboxylic acids is 2. The Balaban J connectivity index is 1.65. The second-order valence-electron chi connectivity index (χ2n) is 8.44. The molecule has 1 saturated heterocycles. The predicted octanol–water partition coefficient (Wildman–Crippen LogP) is 3.55. The largest absolute Gasteiger partial charge is 0.352 e. The summed E-state index contributed by atoms with van der Waals surface area (Å²) in [4.78, 5) is 36.3. The van der Waals surface area contributed by atoms with Crippen LogP contribution in [-0.2, 0) is 9.59 Å². The molecule has 3 heterocycles. The first-order valence-electron chi connectivity index (χ1n) is 11.1. The maximum atomic E-state index is 12.4. The number of nitrogens with zero attached hydrogens (tertiary/aromatic N) is 5. The van der Waals surface area contributed by atoms with E-state index in [9.17, 15) is 14.9 Å². The molecule has 0 N–H and O–H groups in total. The number of hydrogen-bond acceptors (Lipinski definition) is 6. The van der Waals surface area contributed by atoms with Crippen molar-refractivity contribution < 1.29 is 9.59 Å². The molecule has 0 radical (unpaired) electrons. The zero-order valence-corrected chi connectivity index (χ0v) is 18.3. The van der Waals surface area contributed by atoms with E-state index in [1.165, 1.54) is 0 Å². The fraction of sp³-hybridized carbons (Fsp3) is 0.400. The molecule has 1 aliphatic carbocycles. The Labute approximate surface area is 188 Å². The molecule has 0 unspecified atom stereocenters. The van der Waals surface area contributed by atoms with Gasteiger partial charge in [-0.25, -0.2) is 4.98 Å². The minimum Gasteiger partial charge on any atom is -0.352 e. The Bertz CT molecular complexity index is 1090. The van der Waals surface area contributed by atoms with Crippen molar-refractivity contribution in [1.29, 1.82) is 5.26 Å². The Morgan fingerprint density at radius 1 is 1.34 bits per heavy atom. The van der Waals surface area contributed by atoms with Crippen molar-refractivity contribution in [2.24, 2.45) is 0 Å². The summed E-state index contributed by atoms with van der Waals surface area (Å²) in [5.41, 5.74) is 4.32. The lowest BCUT2D eigenvalue weighted by Gasteiger charge is -2.41. The van der Waals surface area contributed by atoms with E-state index >= 15 is 0 Å². The first kappa shape index (κ1) is 21.7. The first-order chi connectivity index (χ1) is 15.5. The van der Waals surface area contributed by atoms with E-state index in [4.69, 9.17) is 4.98 Å². The minimum absolute atomic E-state index is 0.00226. The summed E-state index contributed by atoms with van der Waals surface area (Å²) < 4.78 is 0. The van der Waals surface area contributed by atoms with Gasteiger partial charge in [0.25, 0.3) is 0 Å². The predicted molar refractivity (Wildman–Crippen MR) is 123 cm³/mol. The number of piperazine rings is 1. The number of carbonyl (C=O) groups is 2. The van der Waals surface area contributed by atoms with Crippen LogP contribution in [0.4, 0.5) is 5.82 Å². The summed E-state index contributed by atoms with van der Waals surface area (Å²) in [5, 5.41) is 9.93. The number of aldehydes is 1. The smallest absolute Gasteiger partial charge is 0.223 e. The minimum atomic E-state index is -0.0179. The molecule has 7 nitrogen and oxygen atoms in total. The molecule has 1 saturated carbocycles. The van der Waals surface area contributed by atoms with Gasteiger partial charge in [-0.15, -0.1) is 0 Å². The Morgan fingerprint density at radius 3 is 2.81 bits per heavy atom. The summed E-state index contributed by atoms with van der Waals surface area (Å²) in [7, 11) is 0. The highest BCUT2D eigenvalue weighted by molar-refractivity contribution is 5.79. The second kappa shape index (κ2) is 9.31. The molecule has 1 amide bonds. The van der Waals surface area contributed by atoms with Gasteiger partial charge in [0, 0.05) is 56.2 Å². The van der Waals surface area contributed by atoms with Gasteiger partial charge < -0.3 is 14.6 Å². The molecule has 7 heteroatoms. The van der Waals surface area contributed by atoms with Crippen molar-refractivity contribution >= 4 is 24.1 Å². The third kappa shape index (κ3) is 4.40. The topological polar surface area (TPSA) is 90.2 Å². The summed E-state index contributed by atoms with van der Waals surface area (Å²) in [5.74, 6) is 1.10. The monoisotopic (exact) mass is 429 g/mol.